The Morgan fingerprint density at radius 1 is 1.53 bits per heavy atom. The van der Waals surface area contributed by atoms with E-state index in [9.17, 15) is 4.79 Å². The number of nitrogens with two attached hydrogens (primary N) is 1. The smallest absolute Gasteiger partial charge is 0.256 e. The third-order valence-electron chi connectivity index (χ3n) is 3.86. The fourth-order valence-corrected chi connectivity index (χ4v) is 2.74. The van der Waals surface area contributed by atoms with E-state index in [0.717, 1.165) is 32.6 Å². The third-order valence-corrected chi connectivity index (χ3v) is 3.86. The highest BCUT2D eigenvalue weighted by molar-refractivity contribution is 5.99. The lowest BCUT2D eigenvalue weighted by molar-refractivity contribution is 0.0779. The topological polar surface area (TPSA) is 62.5 Å². The van der Waals surface area contributed by atoms with Crippen LogP contribution in [0.25, 0.3) is 0 Å². The van der Waals surface area contributed by atoms with E-state index in [1.807, 2.05) is 4.90 Å². The Morgan fingerprint density at radius 3 is 2.89 bits per heavy atom. The van der Waals surface area contributed by atoms with Crippen molar-refractivity contribution in [3.05, 3.63) is 24.0 Å². The molecular formula is C14H22N4O. The van der Waals surface area contributed by atoms with Gasteiger partial charge in [0.25, 0.3) is 5.91 Å². The molecule has 0 saturated carbocycles. The van der Waals surface area contributed by atoms with E-state index < -0.39 is 0 Å². The molecule has 0 aliphatic carbocycles. The van der Waals surface area contributed by atoms with Crippen molar-refractivity contribution >= 4 is 11.6 Å². The molecule has 1 aliphatic rings. The summed E-state index contributed by atoms with van der Waals surface area (Å²) < 4.78 is 0. The van der Waals surface area contributed by atoms with Gasteiger partial charge in [0.2, 0.25) is 0 Å². The number of likely N-dealkylation sites (tertiary alicyclic amines) is 1. The number of pyridine rings is 1. The van der Waals surface area contributed by atoms with Gasteiger partial charge in [-0.1, -0.05) is 13.8 Å². The van der Waals surface area contributed by atoms with Crippen molar-refractivity contribution in [2.75, 3.05) is 31.9 Å². The van der Waals surface area contributed by atoms with Gasteiger partial charge in [-0.2, -0.15) is 0 Å². The molecule has 5 heteroatoms. The molecule has 1 fully saturated rings. The second-order valence-electron chi connectivity index (χ2n) is 4.88. The standard InChI is InChI=1S/C14H22N4O/c1-3-17(4-2)11-6-8-18(10-11)14(19)12-5-7-16-9-13(12)15/h5,7,9,11H,3-4,6,8,10,15H2,1-2H3. The zero-order valence-corrected chi connectivity index (χ0v) is 11.7. The molecule has 0 aromatic carbocycles. The van der Waals surface area contributed by atoms with Crippen molar-refractivity contribution in [1.82, 2.24) is 14.8 Å². The maximum absolute atomic E-state index is 12.4. The summed E-state index contributed by atoms with van der Waals surface area (Å²) in [5.74, 6) is 0.0227. The molecule has 1 saturated heterocycles. The molecule has 1 aromatic rings. The molecule has 1 atom stereocenters. The van der Waals surface area contributed by atoms with E-state index in [1.54, 1.807) is 12.3 Å². The minimum atomic E-state index is 0.0227. The SMILES string of the molecule is CCN(CC)C1CCN(C(=O)c2ccncc2N)C1. The van der Waals surface area contributed by atoms with Gasteiger partial charge in [0, 0.05) is 25.3 Å². The highest BCUT2D eigenvalue weighted by Gasteiger charge is 2.30. The van der Waals surface area contributed by atoms with Crippen molar-refractivity contribution in [3.8, 4) is 0 Å². The van der Waals surface area contributed by atoms with Gasteiger partial charge in [-0.25, -0.2) is 0 Å². The molecule has 104 valence electrons. The summed E-state index contributed by atoms with van der Waals surface area (Å²) in [6.45, 7) is 7.98. The van der Waals surface area contributed by atoms with E-state index in [2.05, 4.69) is 23.7 Å². The monoisotopic (exact) mass is 262 g/mol. The largest absolute Gasteiger partial charge is 0.397 e. The number of rotatable bonds is 4. The average Bonchev–Trinajstić information content (AvgIpc) is 2.90. The number of hydrogen-bond donors (Lipinski definition) is 1. The van der Waals surface area contributed by atoms with Crippen molar-refractivity contribution in [2.45, 2.75) is 26.3 Å². The number of hydrogen-bond acceptors (Lipinski definition) is 4. The predicted octanol–water partition coefficient (Wildman–Crippen LogP) is 1.22. The first kappa shape index (κ1) is 13.8. The van der Waals surface area contributed by atoms with Crippen LogP contribution in [0.3, 0.4) is 0 Å². The number of carbonyl (C=O) groups is 1. The lowest BCUT2D eigenvalue weighted by Crippen LogP contribution is -2.38. The van der Waals surface area contributed by atoms with Crippen LogP contribution in [0.15, 0.2) is 18.5 Å². The average molecular weight is 262 g/mol. The molecule has 2 rings (SSSR count). The van der Waals surface area contributed by atoms with Crippen molar-refractivity contribution in [3.63, 3.8) is 0 Å². The number of anilines is 1. The van der Waals surface area contributed by atoms with Crippen LogP contribution >= 0.6 is 0 Å². The first-order valence-corrected chi connectivity index (χ1v) is 6.90. The van der Waals surface area contributed by atoms with Gasteiger partial charge in [-0.05, 0) is 25.6 Å². The maximum Gasteiger partial charge on any atom is 0.256 e. The van der Waals surface area contributed by atoms with Crippen LogP contribution in [0.2, 0.25) is 0 Å². The molecule has 2 N–H and O–H groups in total. The molecule has 5 nitrogen and oxygen atoms in total. The molecule has 19 heavy (non-hydrogen) atoms. The van der Waals surface area contributed by atoms with E-state index in [1.165, 1.54) is 6.20 Å². The lowest BCUT2D eigenvalue weighted by atomic mass is 10.2. The molecule has 1 aromatic heterocycles. The zero-order chi connectivity index (χ0) is 13.8. The summed E-state index contributed by atoms with van der Waals surface area (Å²) in [7, 11) is 0. The maximum atomic E-state index is 12.4. The minimum Gasteiger partial charge on any atom is -0.397 e. The van der Waals surface area contributed by atoms with Gasteiger partial charge in [-0.3, -0.25) is 14.7 Å². The number of nitrogen functional groups attached to an aromatic ring is 1. The normalized spacial score (nSPS) is 19.1. The first-order chi connectivity index (χ1) is 9.17. The summed E-state index contributed by atoms with van der Waals surface area (Å²) >= 11 is 0. The minimum absolute atomic E-state index is 0.0227. The van der Waals surface area contributed by atoms with Crippen LogP contribution in [-0.2, 0) is 0 Å². The van der Waals surface area contributed by atoms with Crippen LogP contribution in [0.1, 0.15) is 30.6 Å². The molecule has 0 bridgehead atoms. The number of aromatic nitrogens is 1. The highest BCUT2D eigenvalue weighted by Crippen LogP contribution is 2.20. The van der Waals surface area contributed by atoms with Crippen molar-refractivity contribution in [1.29, 1.82) is 0 Å². The van der Waals surface area contributed by atoms with Gasteiger partial charge in [-0.15, -0.1) is 0 Å². The van der Waals surface area contributed by atoms with E-state index in [0.29, 0.717) is 17.3 Å². The Labute approximate surface area is 114 Å². The van der Waals surface area contributed by atoms with E-state index >= 15 is 0 Å². The van der Waals surface area contributed by atoms with Gasteiger partial charge in [0.05, 0.1) is 17.4 Å². The fraction of sp³-hybridized carbons (Fsp3) is 0.571. The van der Waals surface area contributed by atoms with E-state index in [-0.39, 0.29) is 5.91 Å². The molecule has 1 aliphatic heterocycles. The number of likely N-dealkylation sites (N-methyl/N-ethyl adjacent to an activating group) is 1. The van der Waals surface area contributed by atoms with Crippen molar-refractivity contribution < 1.29 is 4.79 Å². The fourth-order valence-electron chi connectivity index (χ4n) is 2.74. The second kappa shape index (κ2) is 6.02. The Balaban J connectivity index is 2.05. The summed E-state index contributed by atoms with van der Waals surface area (Å²) in [6.07, 6.45) is 4.19. The number of amides is 1. The highest BCUT2D eigenvalue weighted by atomic mass is 16.2. The summed E-state index contributed by atoms with van der Waals surface area (Å²) in [6, 6.07) is 2.17. The first-order valence-electron chi connectivity index (χ1n) is 6.90. The van der Waals surface area contributed by atoms with Crippen LogP contribution < -0.4 is 5.73 Å². The summed E-state index contributed by atoms with van der Waals surface area (Å²) in [5.41, 5.74) is 6.84. The summed E-state index contributed by atoms with van der Waals surface area (Å²) in [5, 5.41) is 0. The molecular weight excluding hydrogens is 240 g/mol. The van der Waals surface area contributed by atoms with E-state index in [4.69, 9.17) is 5.73 Å². The van der Waals surface area contributed by atoms with Gasteiger partial charge in [0.1, 0.15) is 0 Å². The third kappa shape index (κ3) is 2.87. The Kier molecular flexibility index (Phi) is 4.37. The van der Waals surface area contributed by atoms with Crippen LogP contribution in [0.5, 0.6) is 0 Å². The molecule has 2 heterocycles. The summed E-state index contributed by atoms with van der Waals surface area (Å²) in [4.78, 5) is 20.6. The van der Waals surface area contributed by atoms with Crippen LogP contribution in [-0.4, -0.2) is 52.9 Å². The molecule has 0 radical (unpaired) electrons. The predicted molar refractivity (Wildman–Crippen MR) is 75.9 cm³/mol. The van der Waals surface area contributed by atoms with Crippen molar-refractivity contribution in [2.24, 2.45) is 0 Å². The Bertz CT molecular complexity index is 445. The Morgan fingerprint density at radius 2 is 2.26 bits per heavy atom. The quantitative estimate of drug-likeness (QED) is 0.886. The van der Waals surface area contributed by atoms with Gasteiger partial charge in [0.15, 0.2) is 0 Å². The molecule has 1 amide bonds. The lowest BCUT2D eigenvalue weighted by Gasteiger charge is -2.26. The number of carbonyl (C=O) groups excluding carboxylic acids is 1. The molecule has 0 spiro atoms. The Hall–Kier alpha value is -1.62. The zero-order valence-electron chi connectivity index (χ0n) is 11.7. The van der Waals surface area contributed by atoms with Crippen LogP contribution in [0, 0.1) is 0 Å². The molecule has 1 unspecified atom stereocenters. The second-order valence-corrected chi connectivity index (χ2v) is 4.88. The number of nitrogens with zero attached hydrogens (tertiary/aromatic N) is 3. The van der Waals surface area contributed by atoms with Gasteiger partial charge >= 0.3 is 0 Å². The van der Waals surface area contributed by atoms with Crippen LogP contribution in [0.4, 0.5) is 5.69 Å². The van der Waals surface area contributed by atoms with Gasteiger partial charge < -0.3 is 10.6 Å².